The van der Waals surface area contributed by atoms with Gasteiger partial charge in [-0.2, -0.15) is 0 Å². The minimum atomic E-state index is -2.79. The number of hydrogen-bond donors (Lipinski definition) is 0. The first kappa shape index (κ1) is 34.6. The molecule has 4 aromatic rings. The summed E-state index contributed by atoms with van der Waals surface area (Å²) in [5, 5.41) is 0. The van der Waals surface area contributed by atoms with Gasteiger partial charge >= 0.3 is 263 Å². The maximum absolute atomic E-state index is 2.79. The van der Waals surface area contributed by atoms with Crippen molar-refractivity contribution in [1.29, 1.82) is 0 Å². The van der Waals surface area contributed by atoms with Crippen molar-refractivity contribution >= 4 is 3.21 Å². The monoisotopic (exact) mass is 696 g/mol. The molecule has 0 fully saturated rings. The van der Waals surface area contributed by atoms with E-state index in [0.717, 1.165) is 0 Å². The van der Waals surface area contributed by atoms with Crippen LogP contribution in [0.25, 0.3) is 11.1 Å². The minimum Gasteiger partial charge on any atom is -1.00 e. The zero-order valence-electron chi connectivity index (χ0n) is 26.9. The summed E-state index contributed by atoms with van der Waals surface area (Å²) >= 11 is -2.79. The molecule has 226 valence electrons. The summed E-state index contributed by atoms with van der Waals surface area (Å²) in [5.74, 6) is 0.526. The van der Waals surface area contributed by atoms with Gasteiger partial charge in [-0.1, -0.05) is 0 Å². The quantitative estimate of drug-likeness (QED) is 0.257. The summed E-state index contributed by atoms with van der Waals surface area (Å²) in [6, 6.07) is 37.3. The maximum atomic E-state index is 2.70. The fourth-order valence-corrected chi connectivity index (χ4v) is 16.6. The number of hydrogen-bond acceptors (Lipinski definition) is 0. The molecular formula is C41H44Cl2Zr. The molecule has 1 atom stereocenters. The Balaban J connectivity index is 0.00000221. The molecular weight excluding hydrogens is 655 g/mol. The minimum absolute atomic E-state index is 0. The zero-order chi connectivity index (χ0) is 29.4. The summed E-state index contributed by atoms with van der Waals surface area (Å²) in [5.41, 5.74) is 13.2. The normalized spacial score (nSPS) is 15.2. The molecule has 0 N–H and O–H groups in total. The molecule has 0 heterocycles. The second kappa shape index (κ2) is 14.4. The third kappa shape index (κ3) is 6.77. The first-order valence-corrected chi connectivity index (χ1v) is 19.6. The van der Waals surface area contributed by atoms with E-state index in [1.807, 2.05) is 0 Å². The van der Waals surface area contributed by atoms with Gasteiger partial charge in [0.1, 0.15) is 0 Å². The van der Waals surface area contributed by atoms with Gasteiger partial charge in [-0.05, 0) is 0 Å². The average molecular weight is 699 g/mol. The molecule has 6 rings (SSSR count). The van der Waals surface area contributed by atoms with E-state index in [1.54, 1.807) is 17.6 Å². The Labute approximate surface area is 285 Å². The van der Waals surface area contributed by atoms with E-state index >= 15 is 0 Å². The van der Waals surface area contributed by atoms with Crippen molar-refractivity contribution in [1.82, 2.24) is 0 Å². The second-order valence-electron chi connectivity index (χ2n) is 13.4. The van der Waals surface area contributed by atoms with Gasteiger partial charge in [0, 0.05) is 0 Å². The number of benzene rings is 4. The topological polar surface area (TPSA) is 0 Å². The SMILES string of the molecule is CCCCC1C=C(C(C)(C)C)C=[C]1[Zr+2](=[C](c1ccccc1)c1ccccc1)[CH]1c2cc(C)ccc2-c2ccc(C)cc21.[Cl-].[Cl-]. The van der Waals surface area contributed by atoms with Gasteiger partial charge < -0.3 is 24.8 Å². The zero-order valence-corrected chi connectivity index (χ0v) is 30.9. The Bertz CT molecular complexity index is 1610. The van der Waals surface area contributed by atoms with Gasteiger partial charge in [-0.3, -0.25) is 0 Å². The van der Waals surface area contributed by atoms with Crippen LogP contribution in [0, 0.1) is 25.2 Å². The molecule has 0 bridgehead atoms. The first-order valence-electron chi connectivity index (χ1n) is 15.8. The summed E-state index contributed by atoms with van der Waals surface area (Å²) in [6.45, 7) is 14.1. The van der Waals surface area contributed by atoms with Gasteiger partial charge in [-0.25, -0.2) is 0 Å². The van der Waals surface area contributed by atoms with E-state index < -0.39 is 21.3 Å². The first-order chi connectivity index (χ1) is 20.3. The molecule has 44 heavy (non-hydrogen) atoms. The van der Waals surface area contributed by atoms with Crippen molar-refractivity contribution in [3.8, 4) is 11.1 Å². The van der Waals surface area contributed by atoms with E-state index in [1.165, 1.54) is 58.2 Å². The molecule has 0 nitrogen and oxygen atoms in total. The molecule has 0 saturated carbocycles. The summed E-state index contributed by atoms with van der Waals surface area (Å²) < 4.78 is 3.86. The number of unbranched alkanes of at least 4 members (excludes halogenated alkanes) is 1. The second-order valence-corrected chi connectivity index (χ2v) is 19.5. The van der Waals surface area contributed by atoms with Crippen LogP contribution >= 0.6 is 0 Å². The molecule has 0 amide bonds. The van der Waals surface area contributed by atoms with Crippen molar-refractivity contribution in [3.63, 3.8) is 0 Å². The fraction of sp³-hybridized carbons (Fsp3) is 0.293. The van der Waals surface area contributed by atoms with E-state index in [4.69, 9.17) is 0 Å². The van der Waals surface area contributed by atoms with Crippen LogP contribution in [0.1, 0.15) is 84.0 Å². The van der Waals surface area contributed by atoms with E-state index in [9.17, 15) is 0 Å². The molecule has 0 saturated heterocycles. The van der Waals surface area contributed by atoms with Crippen LogP contribution in [0.3, 0.4) is 0 Å². The van der Waals surface area contributed by atoms with Crippen LogP contribution in [-0.2, 0) is 21.3 Å². The van der Waals surface area contributed by atoms with Crippen molar-refractivity contribution in [3.05, 3.63) is 151 Å². The van der Waals surface area contributed by atoms with Crippen LogP contribution in [0.5, 0.6) is 0 Å². The molecule has 0 aromatic heterocycles. The van der Waals surface area contributed by atoms with Crippen molar-refractivity contribution in [2.45, 2.75) is 64.4 Å². The Morgan fingerprint density at radius 3 is 1.66 bits per heavy atom. The third-order valence-electron chi connectivity index (χ3n) is 9.15. The molecule has 0 spiro atoms. The van der Waals surface area contributed by atoms with Crippen LogP contribution in [0.15, 0.2) is 118 Å². The number of allylic oxidation sites excluding steroid dienone is 4. The van der Waals surface area contributed by atoms with Gasteiger partial charge in [0.15, 0.2) is 0 Å². The van der Waals surface area contributed by atoms with Crippen LogP contribution in [-0.4, -0.2) is 3.21 Å². The van der Waals surface area contributed by atoms with Crippen LogP contribution in [0.4, 0.5) is 0 Å². The summed E-state index contributed by atoms with van der Waals surface area (Å²) in [6.07, 6.45) is 9.13. The summed E-state index contributed by atoms with van der Waals surface area (Å²) in [4.78, 5) is 0. The standard InChI is InChI=1S/C15H13.C13H10.C13H21.2ClH.Zr/c1-10-3-5-14-12(7-10)9-13-8-11(2)4-6-15(13)14;1-3-7-12(8-4-1)11-13-9-5-2-6-10-13;1-5-6-7-11-8-9-12(10-11)13(2,3)4;;;/h3-9H,1-2H3;1-10H;9-11H,5-7H2,1-4H3;2*1H;/q;;;;;+2/p-2. The van der Waals surface area contributed by atoms with E-state index in [2.05, 4.69) is 151 Å². The van der Waals surface area contributed by atoms with Crippen LogP contribution < -0.4 is 24.8 Å². The molecule has 0 aliphatic heterocycles. The Kier molecular flexibility index (Phi) is 11.3. The third-order valence-corrected chi connectivity index (χ3v) is 17.6. The van der Waals surface area contributed by atoms with Crippen molar-refractivity contribution < 1.29 is 46.1 Å². The fourth-order valence-electron chi connectivity index (χ4n) is 6.99. The van der Waals surface area contributed by atoms with Gasteiger partial charge in [-0.15, -0.1) is 0 Å². The van der Waals surface area contributed by atoms with Gasteiger partial charge in [0.2, 0.25) is 0 Å². The van der Waals surface area contributed by atoms with Crippen molar-refractivity contribution in [2.75, 3.05) is 0 Å². The molecule has 2 aliphatic carbocycles. The molecule has 4 aromatic carbocycles. The van der Waals surface area contributed by atoms with Gasteiger partial charge in [0.05, 0.1) is 0 Å². The smallest absolute Gasteiger partial charge is 1.00 e. The molecule has 0 radical (unpaired) electrons. The number of rotatable bonds is 7. The van der Waals surface area contributed by atoms with E-state index in [-0.39, 0.29) is 30.2 Å². The Hall–Kier alpha value is -2.31. The largest absolute Gasteiger partial charge is 1.00 e. The molecule has 1 unspecified atom stereocenters. The predicted octanol–water partition coefficient (Wildman–Crippen LogP) is 4.94. The Morgan fingerprint density at radius 1 is 0.705 bits per heavy atom. The summed E-state index contributed by atoms with van der Waals surface area (Å²) in [7, 11) is 0. The predicted molar refractivity (Wildman–Crippen MR) is 178 cm³/mol. The van der Waals surface area contributed by atoms with Crippen molar-refractivity contribution in [2.24, 2.45) is 11.3 Å². The number of aryl methyl sites for hydroxylation is 2. The maximum Gasteiger partial charge on any atom is -1.00 e. The number of halogens is 2. The average Bonchev–Trinajstić information content (AvgIpc) is 3.54. The molecule has 2 aliphatic rings. The molecule has 3 heteroatoms. The van der Waals surface area contributed by atoms with Gasteiger partial charge in [0.25, 0.3) is 0 Å². The van der Waals surface area contributed by atoms with E-state index in [0.29, 0.717) is 9.54 Å². The Morgan fingerprint density at radius 2 is 1.20 bits per heavy atom. The number of fused-ring (bicyclic) bond motifs is 3. The van der Waals surface area contributed by atoms with Crippen LogP contribution in [0.2, 0.25) is 0 Å².